The Morgan fingerprint density at radius 1 is 1.24 bits per heavy atom. The molecule has 0 unspecified atom stereocenters. The van der Waals surface area contributed by atoms with E-state index in [1.807, 2.05) is 6.07 Å². The molecule has 0 radical (unpaired) electrons. The first-order valence-electron chi connectivity index (χ1n) is 9.74. The minimum absolute atomic E-state index is 0.0240. The van der Waals surface area contributed by atoms with Crippen molar-refractivity contribution in [1.82, 2.24) is 14.7 Å². The van der Waals surface area contributed by atoms with E-state index in [4.69, 9.17) is 5.73 Å². The summed E-state index contributed by atoms with van der Waals surface area (Å²) in [4.78, 5) is 23.4. The van der Waals surface area contributed by atoms with Crippen LogP contribution in [0, 0.1) is 11.3 Å². The quantitative estimate of drug-likeness (QED) is 0.542. The van der Waals surface area contributed by atoms with Crippen LogP contribution in [0.3, 0.4) is 0 Å². The standard InChI is InChI=1S/C19H19F3N6O5S/c20-19(21,22)34(32,33)13-3-1-12(2-4-13)25-16-14(15(24)29)11-28(26-16)18(5-8-23)6-9-27(10-7-18)17(30)31/h1-4,11H,5-7,9-10H2,(H2,24,29)(H,25,26)(H,30,31). The molecule has 11 nitrogen and oxygen atoms in total. The maximum Gasteiger partial charge on any atom is 0.501 e. The van der Waals surface area contributed by atoms with Gasteiger partial charge in [-0.05, 0) is 37.1 Å². The smallest absolute Gasteiger partial charge is 0.465 e. The SMILES string of the molecule is N#CCC1(n2cc(C(N)=O)c(Nc3ccc(S(=O)(=O)C(F)(F)F)cc3)n2)CCN(C(=O)O)CC1. The fraction of sp³-hybridized carbons (Fsp3) is 0.368. The lowest BCUT2D eigenvalue weighted by Crippen LogP contribution is -2.47. The average Bonchev–Trinajstić information content (AvgIpc) is 3.18. The number of nitrogens with two attached hydrogens (primary N) is 1. The van der Waals surface area contributed by atoms with E-state index in [-0.39, 0.29) is 49.4 Å². The number of aromatic nitrogens is 2. The predicted octanol–water partition coefficient (Wildman–Crippen LogP) is 2.40. The van der Waals surface area contributed by atoms with Gasteiger partial charge in [-0.15, -0.1) is 0 Å². The van der Waals surface area contributed by atoms with E-state index >= 15 is 0 Å². The molecule has 1 saturated heterocycles. The van der Waals surface area contributed by atoms with Crippen LogP contribution in [-0.4, -0.2) is 58.8 Å². The molecule has 2 heterocycles. The molecule has 4 N–H and O–H groups in total. The topological polar surface area (TPSA) is 171 Å². The van der Waals surface area contributed by atoms with Crippen LogP contribution < -0.4 is 11.1 Å². The number of carboxylic acid groups (broad SMARTS) is 1. The van der Waals surface area contributed by atoms with Crippen LogP contribution >= 0.6 is 0 Å². The molecular formula is C19H19F3N6O5S. The molecule has 1 aromatic heterocycles. The van der Waals surface area contributed by atoms with Crippen molar-refractivity contribution in [3.8, 4) is 6.07 Å². The number of hydrogen-bond acceptors (Lipinski definition) is 7. The highest BCUT2D eigenvalue weighted by Gasteiger charge is 2.46. The Kier molecular flexibility index (Phi) is 6.47. The molecule has 34 heavy (non-hydrogen) atoms. The van der Waals surface area contributed by atoms with Crippen LogP contribution in [0.4, 0.5) is 29.5 Å². The highest BCUT2D eigenvalue weighted by molar-refractivity contribution is 7.92. The van der Waals surface area contributed by atoms with Crippen LogP contribution in [0.15, 0.2) is 35.4 Å². The second kappa shape index (κ2) is 8.86. The number of alkyl halides is 3. The number of sulfone groups is 1. The first-order valence-corrected chi connectivity index (χ1v) is 11.2. The summed E-state index contributed by atoms with van der Waals surface area (Å²) < 4.78 is 62.6. The van der Waals surface area contributed by atoms with Gasteiger partial charge in [-0.3, -0.25) is 9.48 Å². The number of carbonyl (C=O) groups excluding carboxylic acids is 1. The van der Waals surface area contributed by atoms with Gasteiger partial charge in [-0.25, -0.2) is 13.2 Å². The molecule has 182 valence electrons. The molecule has 1 aliphatic rings. The zero-order chi connectivity index (χ0) is 25.3. The molecule has 2 aromatic rings. The Morgan fingerprint density at radius 3 is 2.29 bits per heavy atom. The minimum Gasteiger partial charge on any atom is -0.465 e. The van der Waals surface area contributed by atoms with Crippen molar-refractivity contribution in [3.63, 3.8) is 0 Å². The zero-order valence-corrected chi connectivity index (χ0v) is 18.2. The molecule has 1 fully saturated rings. The molecule has 0 atom stereocenters. The van der Waals surface area contributed by atoms with E-state index in [1.54, 1.807) is 0 Å². The van der Waals surface area contributed by atoms with Crippen molar-refractivity contribution in [2.24, 2.45) is 5.73 Å². The van der Waals surface area contributed by atoms with Crippen LogP contribution in [-0.2, 0) is 15.4 Å². The van der Waals surface area contributed by atoms with Gasteiger partial charge in [0.1, 0.15) is 5.56 Å². The number of primary amides is 1. The van der Waals surface area contributed by atoms with E-state index in [2.05, 4.69) is 10.4 Å². The number of benzene rings is 1. The minimum atomic E-state index is -5.52. The van der Waals surface area contributed by atoms with Crippen molar-refractivity contribution in [2.45, 2.75) is 35.2 Å². The van der Waals surface area contributed by atoms with Gasteiger partial charge in [0.2, 0.25) is 0 Å². The molecule has 1 aliphatic heterocycles. The summed E-state index contributed by atoms with van der Waals surface area (Å²) in [5.41, 5.74) is -0.879. The summed E-state index contributed by atoms with van der Waals surface area (Å²) in [6, 6.07) is 5.70. The lowest BCUT2D eigenvalue weighted by Gasteiger charge is -2.39. The third-order valence-corrected chi connectivity index (χ3v) is 7.07. The van der Waals surface area contributed by atoms with Gasteiger partial charge >= 0.3 is 11.6 Å². The van der Waals surface area contributed by atoms with Crippen LogP contribution in [0.5, 0.6) is 0 Å². The van der Waals surface area contributed by atoms with Gasteiger partial charge in [0.05, 0.1) is 22.9 Å². The molecule has 3 rings (SSSR count). The van der Waals surface area contributed by atoms with Gasteiger partial charge in [0.25, 0.3) is 15.7 Å². The maximum atomic E-state index is 12.7. The molecule has 2 amide bonds. The van der Waals surface area contributed by atoms with E-state index in [0.717, 1.165) is 24.3 Å². The monoisotopic (exact) mass is 500 g/mol. The molecule has 1 aromatic carbocycles. The number of hydrogen-bond donors (Lipinski definition) is 3. The molecule has 0 spiro atoms. The molecule has 0 aliphatic carbocycles. The van der Waals surface area contributed by atoms with Crippen LogP contribution in [0.25, 0.3) is 0 Å². The Morgan fingerprint density at radius 2 is 1.82 bits per heavy atom. The van der Waals surface area contributed by atoms with Crippen LogP contribution in [0.1, 0.15) is 29.6 Å². The number of halogens is 3. The number of amides is 2. The highest BCUT2D eigenvalue weighted by atomic mass is 32.2. The van der Waals surface area contributed by atoms with E-state index in [0.29, 0.717) is 0 Å². The summed E-state index contributed by atoms with van der Waals surface area (Å²) in [5.74, 6) is -0.933. The number of nitrogens with zero attached hydrogens (tertiary/aromatic N) is 4. The zero-order valence-electron chi connectivity index (χ0n) is 17.4. The summed E-state index contributed by atoms with van der Waals surface area (Å²) in [6.07, 6.45) is 0.694. The fourth-order valence-electron chi connectivity index (χ4n) is 3.63. The first-order chi connectivity index (χ1) is 15.8. The van der Waals surface area contributed by atoms with Crippen molar-refractivity contribution < 1.29 is 36.3 Å². The van der Waals surface area contributed by atoms with E-state index < -0.39 is 37.8 Å². The Hall–Kier alpha value is -3.80. The molecular weight excluding hydrogens is 481 g/mol. The average molecular weight is 500 g/mol. The Labute approximate surface area is 191 Å². The van der Waals surface area contributed by atoms with Gasteiger partial charge in [0, 0.05) is 25.0 Å². The third-order valence-electron chi connectivity index (χ3n) is 5.57. The fourth-order valence-corrected chi connectivity index (χ4v) is 4.39. The number of rotatable bonds is 6. The van der Waals surface area contributed by atoms with Crippen LogP contribution in [0.2, 0.25) is 0 Å². The van der Waals surface area contributed by atoms with Gasteiger partial charge in [-0.1, -0.05) is 0 Å². The largest absolute Gasteiger partial charge is 0.501 e. The van der Waals surface area contributed by atoms with Crippen molar-refractivity contribution in [3.05, 3.63) is 36.0 Å². The summed E-state index contributed by atoms with van der Waals surface area (Å²) >= 11 is 0. The van der Waals surface area contributed by atoms with E-state index in [1.165, 1.54) is 15.8 Å². The van der Waals surface area contributed by atoms with Crippen molar-refractivity contribution in [2.75, 3.05) is 18.4 Å². The molecule has 0 saturated carbocycles. The normalized spacial score (nSPS) is 16.0. The van der Waals surface area contributed by atoms with Crippen molar-refractivity contribution in [1.29, 1.82) is 5.26 Å². The summed E-state index contributed by atoms with van der Waals surface area (Å²) in [6.45, 7) is 0.279. The summed E-state index contributed by atoms with van der Waals surface area (Å²) in [7, 11) is -5.52. The van der Waals surface area contributed by atoms with Crippen molar-refractivity contribution >= 4 is 33.3 Å². The highest BCUT2D eigenvalue weighted by Crippen LogP contribution is 2.35. The first kappa shape index (κ1) is 24.8. The van der Waals surface area contributed by atoms with Gasteiger partial charge in [0.15, 0.2) is 5.82 Å². The lowest BCUT2D eigenvalue weighted by atomic mass is 9.85. The predicted molar refractivity (Wildman–Crippen MR) is 111 cm³/mol. The second-order valence-electron chi connectivity index (χ2n) is 7.63. The number of piperidine rings is 1. The third kappa shape index (κ3) is 4.62. The number of nitrogens with one attached hydrogen (secondary N) is 1. The maximum absolute atomic E-state index is 12.7. The molecule has 15 heteroatoms. The number of anilines is 2. The molecule has 0 bridgehead atoms. The summed E-state index contributed by atoms with van der Waals surface area (Å²) in [5, 5.41) is 25.5. The number of nitriles is 1. The van der Waals surface area contributed by atoms with E-state index in [9.17, 15) is 41.5 Å². The lowest BCUT2D eigenvalue weighted by molar-refractivity contribution is -0.0436. The Balaban J connectivity index is 1.92. The Bertz CT molecular complexity index is 1240. The number of carbonyl (C=O) groups is 2. The van der Waals surface area contributed by atoms with Gasteiger partial charge < -0.3 is 21.1 Å². The number of likely N-dealkylation sites (tertiary alicyclic amines) is 1. The second-order valence-corrected chi connectivity index (χ2v) is 9.57. The van der Waals surface area contributed by atoms with Gasteiger partial charge in [-0.2, -0.15) is 23.5 Å².